The largest absolute Gasteiger partial charge is 0.497 e. The van der Waals surface area contributed by atoms with Crippen molar-refractivity contribution >= 4 is 23.5 Å². The van der Waals surface area contributed by atoms with Gasteiger partial charge in [-0.25, -0.2) is 13.5 Å². The van der Waals surface area contributed by atoms with E-state index in [2.05, 4.69) is 10.4 Å². The molecular formula is C20H19F2N3O2S. The van der Waals surface area contributed by atoms with Crippen LogP contribution in [0.4, 0.5) is 14.6 Å². The number of benzene rings is 2. The first kappa shape index (κ1) is 19.9. The van der Waals surface area contributed by atoms with E-state index in [1.54, 1.807) is 20.2 Å². The lowest BCUT2D eigenvalue weighted by atomic mass is 10.2. The number of aromatic nitrogens is 2. The number of ether oxygens (including phenoxy) is 1. The van der Waals surface area contributed by atoms with Gasteiger partial charge in [0.05, 0.1) is 25.6 Å². The Morgan fingerprint density at radius 1 is 1.21 bits per heavy atom. The number of carbonyl (C=O) groups excluding carboxylic acids is 1. The van der Waals surface area contributed by atoms with Crippen molar-refractivity contribution in [2.75, 3.05) is 18.2 Å². The van der Waals surface area contributed by atoms with Gasteiger partial charge < -0.3 is 10.1 Å². The molecule has 0 unspecified atom stereocenters. The highest BCUT2D eigenvalue weighted by molar-refractivity contribution is 8.00. The van der Waals surface area contributed by atoms with E-state index in [9.17, 15) is 13.6 Å². The third-order valence-corrected chi connectivity index (χ3v) is 5.05. The highest BCUT2D eigenvalue weighted by atomic mass is 32.2. The predicted octanol–water partition coefficient (Wildman–Crippen LogP) is 4.26. The standard InChI is InChI=1S/C20H19F2N3O2S/c1-13-10-23-25(11-14-9-15(21)3-8-18(14)22)20(13)24-19(26)12-28-17-6-4-16(27-2)5-7-17/h3-10H,11-12H2,1-2H3,(H,24,26). The van der Waals surface area contributed by atoms with Crippen LogP contribution in [0.15, 0.2) is 53.6 Å². The molecule has 1 heterocycles. The number of amides is 1. The summed E-state index contributed by atoms with van der Waals surface area (Å²) in [4.78, 5) is 13.3. The summed E-state index contributed by atoms with van der Waals surface area (Å²) in [5.74, 6) is 0.140. The van der Waals surface area contributed by atoms with Crippen molar-refractivity contribution in [2.45, 2.75) is 18.4 Å². The maximum atomic E-state index is 13.9. The Kier molecular flexibility index (Phi) is 6.30. The van der Waals surface area contributed by atoms with Crippen LogP contribution < -0.4 is 10.1 Å². The van der Waals surface area contributed by atoms with Gasteiger partial charge in [0.25, 0.3) is 0 Å². The van der Waals surface area contributed by atoms with Crippen LogP contribution in [0.1, 0.15) is 11.1 Å². The summed E-state index contributed by atoms with van der Waals surface area (Å²) in [6.07, 6.45) is 1.57. The normalized spacial score (nSPS) is 10.7. The van der Waals surface area contributed by atoms with Crippen LogP contribution in [0.2, 0.25) is 0 Å². The molecule has 3 rings (SSSR count). The molecule has 0 aliphatic rings. The number of anilines is 1. The summed E-state index contributed by atoms with van der Waals surface area (Å²) in [5, 5.41) is 6.97. The fourth-order valence-corrected chi connectivity index (χ4v) is 3.28. The molecule has 0 saturated heterocycles. The van der Waals surface area contributed by atoms with Crippen LogP contribution in [0.5, 0.6) is 5.75 Å². The summed E-state index contributed by atoms with van der Waals surface area (Å²) in [6.45, 7) is 1.80. The summed E-state index contributed by atoms with van der Waals surface area (Å²) in [7, 11) is 1.59. The maximum Gasteiger partial charge on any atom is 0.235 e. The smallest absolute Gasteiger partial charge is 0.235 e. The molecule has 1 amide bonds. The fourth-order valence-electron chi connectivity index (χ4n) is 2.58. The molecule has 2 aromatic carbocycles. The van der Waals surface area contributed by atoms with E-state index in [1.165, 1.54) is 16.4 Å². The van der Waals surface area contributed by atoms with Crippen LogP contribution in [0.25, 0.3) is 0 Å². The van der Waals surface area contributed by atoms with Gasteiger partial charge in [-0.05, 0) is 49.4 Å². The van der Waals surface area contributed by atoms with Gasteiger partial charge in [0.1, 0.15) is 23.2 Å². The van der Waals surface area contributed by atoms with Gasteiger partial charge in [-0.2, -0.15) is 5.10 Å². The number of aryl methyl sites for hydroxylation is 1. The summed E-state index contributed by atoms with van der Waals surface area (Å²) >= 11 is 1.38. The number of hydrogen-bond acceptors (Lipinski definition) is 4. The third kappa shape index (κ3) is 4.89. The number of nitrogens with one attached hydrogen (secondary N) is 1. The van der Waals surface area contributed by atoms with Gasteiger partial charge in [-0.15, -0.1) is 11.8 Å². The Hall–Kier alpha value is -2.87. The van der Waals surface area contributed by atoms with E-state index in [-0.39, 0.29) is 23.8 Å². The van der Waals surface area contributed by atoms with Gasteiger partial charge in [0, 0.05) is 16.0 Å². The van der Waals surface area contributed by atoms with Crippen LogP contribution in [-0.4, -0.2) is 28.6 Å². The summed E-state index contributed by atoms with van der Waals surface area (Å²) in [6, 6.07) is 10.7. The van der Waals surface area contributed by atoms with Gasteiger partial charge in [0.15, 0.2) is 0 Å². The van der Waals surface area contributed by atoms with E-state index in [0.29, 0.717) is 5.82 Å². The quantitative estimate of drug-likeness (QED) is 0.599. The number of rotatable bonds is 7. The van der Waals surface area contributed by atoms with E-state index < -0.39 is 11.6 Å². The molecule has 0 aliphatic heterocycles. The minimum absolute atomic E-state index is 0.0126. The molecule has 0 radical (unpaired) electrons. The number of nitrogens with zero attached hydrogens (tertiary/aromatic N) is 2. The topological polar surface area (TPSA) is 56.1 Å². The van der Waals surface area contributed by atoms with Gasteiger partial charge in [-0.3, -0.25) is 4.79 Å². The van der Waals surface area contributed by atoms with E-state index >= 15 is 0 Å². The first-order valence-electron chi connectivity index (χ1n) is 8.49. The fraction of sp³-hybridized carbons (Fsp3) is 0.200. The van der Waals surface area contributed by atoms with Crippen molar-refractivity contribution in [1.29, 1.82) is 0 Å². The summed E-state index contributed by atoms with van der Waals surface area (Å²) in [5.41, 5.74) is 0.894. The monoisotopic (exact) mass is 403 g/mol. The Labute approximate surface area is 165 Å². The van der Waals surface area contributed by atoms with Crippen molar-refractivity contribution in [3.8, 4) is 5.75 Å². The van der Waals surface area contributed by atoms with E-state index in [1.807, 2.05) is 24.3 Å². The second-order valence-electron chi connectivity index (χ2n) is 6.08. The Balaban J connectivity index is 1.65. The zero-order valence-electron chi connectivity index (χ0n) is 15.4. The lowest BCUT2D eigenvalue weighted by Crippen LogP contribution is -2.18. The average Bonchev–Trinajstić information content (AvgIpc) is 3.03. The number of halogens is 2. The maximum absolute atomic E-state index is 13.9. The number of thioether (sulfide) groups is 1. The molecule has 28 heavy (non-hydrogen) atoms. The highest BCUT2D eigenvalue weighted by Gasteiger charge is 2.14. The average molecular weight is 403 g/mol. The minimum Gasteiger partial charge on any atom is -0.497 e. The molecule has 0 atom stereocenters. The molecule has 0 fully saturated rings. The second kappa shape index (κ2) is 8.88. The Bertz CT molecular complexity index is 974. The zero-order chi connectivity index (χ0) is 20.1. The lowest BCUT2D eigenvalue weighted by molar-refractivity contribution is -0.113. The SMILES string of the molecule is COc1ccc(SCC(=O)Nc2c(C)cnn2Cc2cc(F)ccc2F)cc1. The molecule has 1 aromatic heterocycles. The molecule has 146 valence electrons. The first-order chi connectivity index (χ1) is 13.5. The van der Waals surface area contributed by atoms with Gasteiger partial charge >= 0.3 is 0 Å². The minimum atomic E-state index is -0.526. The van der Waals surface area contributed by atoms with Crippen molar-refractivity contribution in [3.05, 3.63) is 71.4 Å². The molecular weight excluding hydrogens is 384 g/mol. The van der Waals surface area contributed by atoms with E-state index in [0.717, 1.165) is 34.4 Å². The van der Waals surface area contributed by atoms with Crippen molar-refractivity contribution < 1.29 is 18.3 Å². The van der Waals surface area contributed by atoms with Crippen LogP contribution in [0.3, 0.4) is 0 Å². The highest BCUT2D eigenvalue weighted by Crippen LogP contribution is 2.22. The van der Waals surface area contributed by atoms with Crippen LogP contribution >= 0.6 is 11.8 Å². The van der Waals surface area contributed by atoms with Crippen molar-refractivity contribution in [1.82, 2.24) is 9.78 Å². The van der Waals surface area contributed by atoms with Crippen LogP contribution in [-0.2, 0) is 11.3 Å². The van der Waals surface area contributed by atoms with Crippen LogP contribution in [0, 0.1) is 18.6 Å². The Morgan fingerprint density at radius 2 is 1.96 bits per heavy atom. The van der Waals surface area contributed by atoms with Gasteiger partial charge in [-0.1, -0.05) is 0 Å². The molecule has 0 spiro atoms. The molecule has 0 aliphatic carbocycles. The lowest BCUT2D eigenvalue weighted by Gasteiger charge is -2.11. The molecule has 5 nitrogen and oxygen atoms in total. The van der Waals surface area contributed by atoms with E-state index in [4.69, 9.17) is 4.74 Å². The third-order valence-electron chi connectivity index (χ3n) is 4.04. The summed E-state index contributed by atoms with van der Waals surface area (Å²) < 4.78 is 33.9. The first-order valence-corrected chi connectivity index (χ1v) is 9.48. The predicted molar refractivity (Wildman–Crippen MR) is 105 cm³/mol. The zero-order valence-corrected chi connectivity index (χ0v) is 16.2. The number of methoxy groups -OCH3 is 1. The molecule has 8 heteroatoms. The molecule has 3 aromatic rings. The Morgan fingerprint density at radius 3 is 2.68 bits per heavy atom. The molecule has 0 bridgehead atoms. The van der Waals surface area contributed by atoms with Gasteiger partial charge in [0.2, 0.25) is 5.91 Å². The van der Waals surface area contributed by atoms with Crippen molar-refractivity contribution in [2.24, 2.45) is 0 Å². The number of hydrogen-bond donors (Lipinski definition) is 1. The van der Waals surface area contributed by atoms with Crippen molar-refractivity contribution in [3.63, 3.8) is 0 Å². The molecule has 0 saturated carbocycles. The molecule has 1 N–H and O–H groups in total. The number of carbonyl (C=O) groups is 1. The second-order valence-corrected chi connectivity index (χ2v) is 7.13.